The van der Waals surface area contributed by atoms with E-state index in [1.54, 1.807) is 12.1 Å². The number of halogens is 1. The first-order valence-electron chi connectivity index (χ1n) is 12.1. The Morgan fingerprint density at radius 3 is 2.27 bits per heavy atom. The minimum absolute atomic E-state index is 0.0297. The van der Waals surface area contributed by atoms with Crippen molar-refractivity contribution in [3.8, 4) is 0 Å². The third-order valence-electron chi connectivity index (χ3n) is 7.99. The van der Waals surface area contributed by atoms with E-state index < -0.39 is 0 Å². The number of likely N-dealkylation sites (N-methyl/N-ethyl adjacent to an activating group) is 1. The van der Waals surface area contributed by atoms with Gasteiger partial charge < -0.3 is 14.7 Å². The Balaban J connectivity index is 1.28. The third-order valence-corrected chi connectivity index (χ3v) is 7.99. The van der Waals surface area contributed by atoms with E-state index >= 15 is 0 Å². The van der Waals surface area contributed by atoms with Crippen molar-refractivity contribution in [3.63, 3.8) is 0 Å². The lowest BCUT2D eigenvalue weighted by molar-refractivity contribution is -0.133. The van der Waals surface area contributed by atoms with Crippen molar-refractivity contribution in [2.75, 3.05) is 46.3 Å². The van der Waals surface area contributed by atoms with Crippen molar-refractivity contribution in [3.05, 3.63) is 71.0 Å². The fourth-order valence-corrected chi connectivity index (χ4v) is 5.99. The molecular formula is C27H32FN3O2. The molecule has 2 heterocycles. The van der Waals surface area contributed by atoms with Gasteiger partial charge in [-0.05, 0) is 73.0 Å². The summed E-state index contributed by atoms with van der Waals surface area (Å²) in [6.07, 6.45) is 3.34. The standard InChI is InChI=1S/C27H32FN3O2/c1-29-14-16-30(17-15-29)25(32)18-21-19-27(24-5-3-2-4-23(21)24)10-12-31(13-11-27)26(33)20-6-8-22(28)9-7-20/h2-9,21H,10-19H2,1H3/t21-/m1/s1. The largest absolute Gasteiger partial charge is 0.340 e. The Morgan fingerprint density at radius 2 is 1.58 bits per heavy atom. The van der Waals surface area contributed by atoms with Gasteiger partial charge in [0.05, 0.1) is 0 Å². The van der Waals surface area contributed by atoms with Crippen molar-refractivity contribution in [2.24, 2.45) is 0 Å². The summed E-state index contributed by atoms with van der Waals surface area (Å²) in [7, 11) is 2.10. The predicted octanol–water partition coefficient (Wildman–Crippen LogP) is 3.65. The molecule has 2 aromatic rings. The summed E-state index contributed by atoms with van der Waals surface area (Å²) in [5.74, 6) is 0.151. The normalized spacial score (nSPS) is 22.4. The molecule has 0 radical (unpaired) electrons. The maximum absolute atomic E-state index is 13.2. The first-order chi connectivity index (χ1) is 15.9. The monoisotopic (exact) mass is 449 g/mol. The Morgan fingerprint density at radius 1 is 0.909 bits per heavy atom. The summed E-state index contributed by atoms with van der Waals surface area (Å²) in [6, 6.07) is 14.4. The first kappa shape index (κ1) is 22.1. The van der Waals surface area contributed by atoms with Gasteiger partial charge in [0, 0.05) is 51.3 Å². The Kier molecular flexibility index (Phi) is 5.95. The van der Waals surface area contributed by atoms with Gasteiger partial charge in [-0.25, -0.2) is 4.39 Å². The molecule has 5 rings (SSSR count). The second-order valence-electron chi connectivity index (χ2n) is 9.96. The van der Waals surface area contributed by atoms with E-state index in [4.69, 9.17) is 0 Å². The van der Waals surface area contributed by atoms with E-state index in [0.717, 1.165) is 45.4 Å². The maximum atomic E-state index is 13.2. The number of amides is 2. The average molecular weight is 450 g/mol. The number of hydrogen-bond acceptors (Lipinski definition) is 3. The Bertz CT molecular complexity index is 1020. The minimum Gasteiger partial charge on any atom is -0.340 e. The molecule has 0 N–H and O–H groups in total. The van der Waals surface area contributed by atoms with Crippen LogP contribution in [0, 0.1) is 5.82 Å². The molecule has 0 unspecified atom stereocenters. The van der Waals surface area contributed by atoms with Crippen LogP contribution in [0.15, 0.2) is 48.5 Å². The maximum Gasteiger partial charge on any atom is 0.253 e. The molecule has 33 heavy (non-hydrogen) atoms. The molecule has 0 saturated carbocycles. The summed E-state index contributed by atoms with van der Waals surface area (Å²) in [6.45, 7) is 4.88. The lowest BCUT2D eigenvalue weighted by Gasteiger charge is -2.40. The highest BCUT2D eigenvalue weighted by atomic mass is 19.1. The van der Waals surface area contributed by atoms with Gasteiger partial charge in [0.2, 0.25) is 5.91 Å². The zero-order chi connectivity index (χ0) is 23.0. The quantitative estimate of drug-likeness (QED) is 0.719. The van der Waals surface area contributed by atoms with Crippen LogP contribution in [0.1, 0.15) is 53.1 Å². The van der Waals surface area contributed by atoms with Crippen LogP contribution in [-0.2, 0) is 10.2 Å². The molecular weight excluding hydrogens is 417 g/mol. The lowest BCUT2D eigenvalue weighted by Crippen LogP contribution is -2.47. The van der Waals surface area contributed by atoms with Crippen molar-refractivity contribution >= 4 is 11.8 Å². The van der Waals surface area contributed by atoms with Crippen molar-refractivity contribution in [2.45, 2.75) is 37.0 Å². The second kappa shape index (κ2) is 8.90. The smallest absolute Gasteiger partial charge is 0.253 e. The van der Waals surface area contributed by atoms with Gasteiger partial charge in [0.25, 0.3) is 5.91 Å². The highest BCUT2D eigenvalue weighted by Crippen LogP contribution is 2.52. The van der Waals surface area contributed by atoms with Gasteiger partial charge in [-0.15, -0.1) is 0 Å². The molecule has 2 amide bonds. The molecule has 1 spiro atoms. The highest BCUT2D eigenvalue weighted by molar-refractivity contribution is 5.94. The summed E-state index contributed by atoms with van der Waals surface area (Å²) < 4.78 is 13.2. The van der Waals surface area contributed by atoms with E-state index in [9.17, 15) is 14.0 Å². The van der Waals surface area contributed by atoms with Gasteiger partial charge in [0.15, 0.2) is 0 Å². The topological polar surface area (TPSA) is 43.9 Å². The summed E-state index contributed by atoms with van der Waals surface area (Å²) in [5, 5.41) is 0. The molecule has 3 aliphatic rings. The molecule has 6 heteroatoms. The predicted molar refractivity (Wildman–Crippen MR) is 126 cm³/mol. The number of piperidine rings is 1. The molecule has 2 aliphatic heterocycles. The Hall–Kier alpha value is -2.73. The molecule has 174 valence electrons. The molecule has 2 fully saturated rings. The van der Waals surface area contributed by atoms with Crippen LogP contribution < -0.4 is 0 Å². The Labute approximate surface area is 195 Å². The molecule has 1 atom stereocenters. The van der Waals surface area contributed by atoms with Gasteiger partial charge in [-0.3, -0.25) is 9.59 Å². The van der Waals surface area contributed by atoms with Crippen molar-refractivity contribution in [1.82, 2.24) is 14.7 Å². The SMILES string of the molecule is CN1CCN(C(=O)C[C@@H]2CC3(CCN(C(=O)c4ccc(F)cc4)CC3)c3ccccc32)CC1. The zero-order valence-corrected chi connectivity index (χ0v) is 19.3. The van der Waals surface area contributed by atoms with Crippen molar-refractivity contribution < 1.29 is 14.0 Å². The number of fused-ring (bicyclic) bond motifs is 2. The molecule has 2 saturated heterocycles. The van der Waals surface area contributed by atoms with Crippen LogP contribution in [-0.4, -0.2) is 72.8 Å². The van der Waals surface area contributed by atoms with Crippen LogP contribution in [0.5, 0.6) is 0 Å². The van der Waals surface area contributed by atoms with Crippen molar-refractivity contribution in [1.29, 1.82) is 0 Å². The van der Waals surface area contributed by atoms with Gasteiger partial charge in [0.1, 0.15) is 5.82 Å². The molecule has 0 bridgehead atoms. The highest BCUT2D eigenvalue weighted by Gasteiger charge is 2.46. The molecule has 2 aromatic carbocycles. The summed E-state index contributed by atoms with van der Waals surface area (Å²) >= 11 is 0. The van der Waals surface area contributed by atoms with Gasteiger partial charge in [-0.2, -0.15) is 0 Å². The molecule has 0 aromatic heterocycles. The lowest BCUT2D eigenvalue weighted by atomic mass is 9.73. The number of benzene rings is 2. The van der Waals surface area contributed by atoms with Crippen LogP contribution in [0.25, 0.3) is 0 Å². The number of carbonyl (C=O) groups excluding carboxylic acids is 2. The van der Waals surface area contributed by atoms with Gasteiger partial charge >= 0.3 is 0 Å². The molecule has 1 aliphatic carbocycles. The fraction of sp³-hybridized carbons (Fsp3) is 0.481. The first-order valence-corrected chi connectivity index (χ1v) is 12.1. The van der Waals surface area contributed by atoms with Crippen LogP contribution in [0.2, 0.25) is 0 Å². The third kappa shape index (κ3) is 4.29. The summed E-state index contributed by atoms with van der Waals surface area (Å²) in [4.78, 5) is 32.2. The van der Waals surface area contributed by atoms with Crippen LogP contribution in [0.3, 0.4) is 0 Å². The second-order valence-corrected chi connectivity index (χ2v) is 9.96. The number of piperazine rings is 1. The number of rotatable bonds is 3. The van der Waals surface area contributed by atoms with Crippen LogP contribution in [0.4, 0.5) is 4.39 Å². The van der Waals surface area contributed by atoms with E-state index in [2.05, 4.69) is 36.2 Å². The number of hydrogen-bond donors (Lipinski definition) is 0. The molecule has 5 nitrogen and oxygen atoms in total. The van der Waals surface area contributed by atoms with Gasteiger partial charge in [-0.1, -0.05) is 24.3 Å². The average Bonchev–Trinajstić information content (AvgIpc) is 3.13. The number of likely N-dealkylation sites (tertiary alicyclic amines) is 1. The zero-order valence-electron chi connectivity index (χ0n) is 19.3. The van der Waals surface area contributed by atoms with E-state index in [0.29, 0.717) is 25.1 Å². The summed E-state index contributed by atoms with van der Waals surface area (Å²) in [5.41, 5.74) is 3.26. The van der Waals surface area contributed by atoms with E-state index in [-0.39, 0.29) is 29.0 Å². The number of nitrogens with zero attached hydrogens (tertiary/aromatic N) is 3. The fourth-order valence-electron chi connectivity index (χ4n) is 5.99. The van der Waals surface area contributed by atoms with E-state index in [1.807, 2.05) is 9.80 Å². The van der Waals surface area contributed by atoms with Crippen LogP contribution >= 0.6 is 0 Å². The van der Waals surface area contributed by atoms with E-state index in [1.165, 1.54) is 23.3 Å². The minimum atomic E-state index is -0.330. The number of carbonyl (C=O) groups is 2.